The molecule has 2 N–H and O–H groups in total. The number of fused-ring (bicyclic) bond motifs is 1. The number of carbonyl (C=O) groups excluding carboxylic acids is 1. The molecule has 0 fully saturated rings. The normalized spacial score (nSPS) is 10.7. The Hall–Kier alpha value is -2.44. The van der Waals surface area contributed by atoms with Crippen molar-refractivity contribution in [2.45, 2.75) is 20.8 Å². The molecule has 0 saturated heterocycles. The summed E-state index contributed by atoms with van der Waals surface area (Å²) in [4.78, 5) is 26.8. The first-order valence-electron chi connectivity index (χ1n) is 5.73. The maximum absolute atomic E-state index is 12.0. The summed E-state index contributed by atoms with van der Waals surface area (Å²) in [5.74, 6) is -1.57. The van der Waals surface area contributed by atoms with Gasteiger partial charge in [-0.3, -0.25) is 9.59 Å². The third kappa shape index (κ3) is 2.40. The van der Waals surface area contributed by atoms with E-state index in [-0.39, 0.29) is 0 Å². The van der Waals surface area contributed by atoms with Crippen molar-refractivity contribution in [1.82, 2.24) is 19.9 Å². The first-order chi connectivity index (χ1) is 8.90. The van der Waals surface area contributed by atoms with Gasteiger partial charge in [-0.1, -0.05) is 0 Å². The van der Waals surface area contributed by atoms with Crippen molar-refractivity contribution in [2.24, 2.45) is 0 Å². The van der Waals surface area contributed by atoms with E-state index in [1.165, 1.54) is 0 Å². The number of hydrogen-bond donors (Lipinski definition) is 2. The van der Waals surface area contributed by atoms with Gasteiger partial charge in [-0.2, -0.15) is 5.10 Å². The molecule has 0 atom stereocenters. The highest BCUT2D eigenvalue weighted by Crippen LogP contribution is 2.15. The van der Waals surface area contributed by atoms with Crippen LogP contribution in [0.4, 0.5) is 0 Å². The van der Waals surface area contributed by atoms with Gasteiger partial charge in [-0.15, -0.1) is 0 Å². The zero-order chi connectivity index (χ0) is 14.2. The van der Waals surface area contributed by atoms with Gasteiger partial charge in [-0.25, -0.2) is 9.50 Å². The van der Waals surface area contributed by atoms with Crippen molar-refractivity contribution < 1.29 is 14.7 Å². The van der Waals surface area contributed by atoms with Gasteiger partial charge in [0.15, 0.2) is 5.65 Å². The van der Waals surface area contributed by atoms with E-state index in [2.05, 4.69) is 15.4 Å². The summed E-state index contributed by atoms with van der Waals surface area (Å²) in [6.45, 7) is 4.96. The summed E-state index contributed by atoms with van der Waals surface area (Å²) in [5.41, 5.74) is 2.91. The zero-order valence-electron chi connectivity index (χ0n) is 10.9. The molecule has 0 saturated carbocycles. The van der Waals surface area contributed by atoms with Crippen LogP contribution in [0.5, 0.6) is 0 Å². The molecule has 7 nitrogen and oxygen atoms in total. The van der Waals surface area contributed by atoms with Gasteiger partial charge in [0.2, 0.25) is 0 Å². The average Bonchev–Trinajstić information content (AvgIpc) is 2.63. The number of nitrogens with zero attached hydrogens (tertiary/aromatic N) is 3. The Morgan fingerprint density at radius 1 is 1.37 bits per heavy atom. The van der Waals surface area contributed by atoms with Gasteiger partial charge < -0.3 is 10.4 Å². The highest BCUT2D eigenvalue weighted by molar-refractivity contribution is 6.02. The predicted octanol–water partition coefficient (Wildman–Crippen LogP) is 0.469. The molecule has 0 unspecified atom stereocenters. The Balaban J connectivity index is 2.51. The van der Waals surface area contributed by atoms with Crippen molar-refractivity contribution in [3.8, 4) is 0 Å². The van der Waals surface area contributed by atoms with E-state index in [1.54, 1.807) is 11.4 Å². The molecule has 2 aromatic heterocycles. The largest absolute Gasteiger partial charge is 0.480 e. The minimum Gasteiger partial charge on any atom is -0.480 e. The lowest BCUT2D eigenvalue weighted by molar-refractivity contribution is -0.135. The highest BCUT2D eigenvalue weighted by Gasteiger charge is 2.19. The summed E-state index contributed by atoms with van der Waals surface area (Å²) in [6, 6.07) is 1.86. The van der Waals surface area contributed by atoms with Crippen LogP contribution in [-0.2, 0) is 4.79 Å². The van der Waals surface area contributed by atoms with Gasteiger partial charge in [-0.05, 0) is 26.8 Å². The number of carboxylic acid groups (broad SMARTS) is 1. The summed E-state index contributed by atoms with van der Waals surface area (Å²) in [7, 11) is 0. The Morgan fingerprint density at radius 2 is 2.05 bits per heavy atom. The molecule has 0 aliphatic heterocycles. The quantitative estimate of drug-likeness (QED) is 0.838. The fraction of sp³-hybridized carbons (Fsp3) is 0.333. The van der Waals surface area contributed by atoms with Gasteiger partial charge >= 0.3 is 5.97 Å². The molecule has 0 radical (unpaired) electrons. The number of carbonyl (C=O) groups is 2. The third-order valence-electron chi connectivity index (χ3n) is 2.70. The van der Waals surface area contributed by atoms with Gasteiger partial charge in [0.25, 0.3) is 5.91 Å². The fourth-order valence-corrected chi connectivity index (χ4v) is 1.94. The molecule has 1 amide bonds. The van der Waals surface area contributed by atoms with Crippen molar-refractivity contribution >= 4 is 17.5 Å². The maximum Gasteiger partial charge on any atom is 0.322 e. The average molecular weight is 262 g/mol. The number of aryl methyl sites for hydroxylation is 3. The van der Waals surface area contributed by atoms with Gasteiger partial charge in [0, 0.05) is 11.4 Å². The van der Waals surface area contributed by atoms with E-state index in [4.69, 9.17) is 5.11 Å². The zero-order valence-corrected chi connectivity index (χ0v) is 10.9. The number of carboxylic acids is 1. The Kier molecular flexibility index (Phi) is 3.20. The number of rotatable bonds is 3. The molecule has 2 heterocycles. The van der Waals surface area contributed by atoms with Crippen LogP contribution in [0.2, 0.25) is 0 Å². The summed E-state index contributed by atoms with van der Waals surface area (Å²) >= 11 is 0. The van der Waals surface area contributed by atoms with E-state index in [0.29, 0.717) is 16.9 Å². The molecule has 0 aliphatic rings. The lowest BCUT2D eigenvalue weighted by Crippen LogP contribution is -2.29. The molecule has 0 aliphatic carbocycles. The van der Waals surface area contributed by atoms with Crippen molar-refractivity contribution in [1.29, 1.82) is 0 Å². The van der Waals surface area contributed by atoms with Crippen molar-refractivity contribution in [3.05, 3.63) is 28.7 Å². The van der Waals surface area contributed by atoms with Crippen LogP contribution in [0.1, 0.15) is 27.4 Å². The number of aromatic nitrogens is 3. The Labute approximate surface area is 109 Å². The summed E-state index contributed by atoms with van der Waals surface area (Å²) in [6.07, 6.45) is 0. The molecular formula is C12H14N4O3. The van der Waals surface area contributed by atoms with Gasteiger partial charge in [0.1, 0.15) is 12.1 Å². The summed E-state index contributed by atoms with van der Waals surface area (Å²) < 4.78 is 1.58. The molecule has 19 heavy (non-hydrogen) atoms. The molecule has 2 aromatic rings. The number of aliphatic carboxylic acids is 1. The lowest BCUT2D eigenvalue weighted by atomic mass is 10.2. The SMILES string of the molecule is Cc1cc(C)n2nc(C)c(C(=O)NCC(=O)O)c2n1. The molecule has 7 heteroatoms. The van der Waals surface area contributed by atoms with E-state index < -0.39 is 18.4 Å². The van der Waals surface area contributed by atoms with Crippen LogP contribution < -0.4 is 5.32 Å². The second-order valence-corrected chi connectivity index (χ2v) is 4.31. The highest BCUT2D eigenvalue weighted by atomic mass is 16.4. The minimum absolute atomic E-state index is 0.313. The van der Waals surface area contributed by atoms with E-state index in [9.17, 15) is 9.59 Å². The summed E-state index contributed by atoms with van der Waals surface area (Å²) in [5, 5.41) is 15.2. The Morgan fingerprint density at radius 3 is 2.68 bits per heavy atom. The second-order valence-electron chi connectivity index (χ2n) is 4.31. The van der Waals surface area contributed by atoms with Gasteiger partial charge in [0.05, 0.1) is 5.69 Å². The standard InChI is InChI=1S/C12H14N4O3/c1-6-4-7(2)16-11(14-6)10(8(3)15-16)12(19)13-5-9(17)18/h4H,5H2,1-3H3,(H,13,19)(H,17,18). The number of amides is 1. The van der Waals surface area contributed by atoms with E-state index >= 15 is 0 Å². The molecule has 0 bridgehead atoms. The van der Waals surface area contributed by atoms with Crippen LogP contribution >= 0.6 is 0 Å². The fourth-order valence-electron chi connectivity index (χ4n) is 1.94. The van der Waals surface area contributed by atoms with Crippen molar-refractivity contribution in [2.75, 3.05) is 6.54 Å². The minimum atomic E-state index is -1.09. The molecule has 0 spiro atoms. The Bertz CT molecular complexity index is 675. The van der Waals surface area contributed by atoms with E-state index in [0.717, 1.165) is 11.4 Å². The first-order valence-corrected chi connectivity index (χ1v) is 5.73. The first kappa shape index (κ1) is 13.0. The molecule has 0 aromatic carbocycles. The monoisotopic (exact) mass is 262 g/mol. The maximum atomic E-state index is 12.0. The third-order valence-corrected chi connectivity index (χ3v) is 2.70. The topological polar surface area (TPSA) is 96.6 Å². The smallest absolute Gasteiger partial charge is 0.322 e. The van der Waals surface area contributed by atoms with Crippen LogP contribution in [-0.4, -0.2) is 38.1 Å². The number of hydrogen-bond acceptors (Lipinski definition) is 4. The second kappa shape index (κ2) is 4.68. The number of nitrogens with one attached hydrogen (secondary N) is 1. The van der Waals surface area contributed by atoms with Crippen molar-refractivity contribution in [3.63, 3.8) is 0 Å². The van der Waals surface area contributed by atoms with E-state index in [1.807, 2.05) is 19.9 Å². The molecular weight excluding hydrogens is 248 g/mol. The molecule has 2 rings (SSSR count). The predicted molar refractivity (Wildman–Crippen MR) is 67.2 cm³/mol. The van der Waals surface area contributed by atoms with Crippen LogP contribution in [0.3, 0.4) is 0 Å². The lowest BCUT2D eigenvalue weighted by Gasteiger charge is -2.03. The molecule has 100 valence electrons. The van der Waals surface area contributed by atoms with Crippen LogP contribution in [0, 0.1) is 20.8 Å². The van der Waals surface area contributed by atoms with Crippen LogP contribution in [0.15, 0.2) is 6.07 Å². The van der Waals surface area contributed by atoms with Crippen LogP contribution in [0.25, 0.3) is 5.65 Å².